The van der Waals surface area contributed by atoms with Gasteiger partial charge >= 0.3 is 0 Å². The Bertz CT molecular complexity index is 310. The highest BCUT2D eigenvalue weighted by Crippen LogP contribution is 2.02. The van der Waals surface area contributed by atoms with Crippen LogP contribution in [0.3, 0.4) is 0 Å². The number of pyridine rings is 1. The molecule has 17 heavy (non-hydrogen) atoms. The Balaban J connectivity index is 1.99. The maximum Gasteiger partial charge on any atom is 0.145 e. The number of nitrogens with zero attached hydrogens (tertiary/aromatic N) is 1. The zero-order valence-electron chi connectivity index (χ0n) is 10.2. The molecule has 0 atom stereocenters. The van der Waals surface area contributed by atoms with Crippen LogP contribution >= 0.6 is 0 Å². The van der Waals surface area contributed by atoms with E-state index in [-0.39, 0.29) is 5.82 Å². The molecule has 5 heteroatoms. The molecule has 4 nitrogen and oxygen atoms in total. The van der Waals surface area contributed by atoms with E-state index in [9.17, 15) is 4.39 Å². The first kappa shape index (κ1) is 14.0. The molecule has 96 valence electrons. The van der Waals surface area contributed by atoms with Gasteiger partial charge < -0.3 is 15.4 Å². The molecule has 0 fully saturated rings. The van der Waals surface area contributed by atoms with Gasteiger partial charge in [-0.2, -0.15) is 0 Å². The van der Waals surface area contributed by atoms with E-state index in [1.54, 1.807) is 19.4 Å². The van der Waals surface area contributed by atoms with Gasteiger partial charge in [-0.1, -0.05) is 0 Å². The van der Waals surface area contributed by atoms with Crippen molar-refractivity contribution in [3.63, 3.8) is 0 Å². The Hall–Kier alpha value is -1.04. The highest BCUT2D eigenvalue weighted by atomic mass is 19.1. The van der Waals surface area contributed by atoms with Crippen LogP contribution < -0.4 is 10.6 Å². The van der Waals surface area contributed by atoms with E-state index in [1.807, 2.05) is 0 Å². The zero-order valence-corrected chi connectivity index (χ0v) is 10.2. The van der Waals surface area contributed by atoms with E-state index in [0.717, 1.165) is 32.7 Å². The van der Waals surface area contributed by atoms with E-state index in [4.69, 9.17) is 4.74 Å². The van der Waals surface area contributed by atoms with Crippen molar-refractivity contribution in [1.29, 1.82) is 0 Å². The van der Waals surface area contributed by atoms with E-state index < -0.39 is 0 Å². The summed E-state index contributed by atoms with van der Waals surface area (Å²) in [5.74, 6) is -0.252. The molecule has 0 saturated carbocycles. The van der Waals surface area contributed by atoms with Crippen LogP contribution in [0.5, 0.6) is 0 Å². The molecule has 1 rings (SSSR count). The minimum Gasteiger partial charge on any atom is -0.383 e. The second kappa shape index (κ2) is 9.04. The van der Waals surface area contributed by atoms with Crippen molar-refractivity contribution >= 4 is 0 Å². The maximum absolute atomic E-state index is 13.2. The smallest absolute Gasteiger partial charge is 0.145 e. The number of nitrogens with one attached hydrogen (secondary N) is 2. The number of hydrogen-bond donors (Lipinski definition) is 2. The van der Waals surface area contributed by atoms with Crippen molar-refractivity contribution in [1.82, 2.24) is 15.6 Å². The number of hydrogen-bond acceptors (Lipinski definition) is 4. The lowest BCUT2D eigenvalue weighted by Crippen LogP contribution is -2.24. The van der Waals surface area contributed by atoms with Crippen molar-refractivity contribution in [3.8, 4) is 0 Å². The predicted molar refractivity (Wildman–Crippen MR) is 65.3 cm³/mol. The molecule has 0 amide bonds. The first-order valence-corrected chi connectivity index (χ1v) is 5.83. The molecular formula is C12H20FN3O. The van der Waals surface area contributed by atoms with Crippen LogP contribution in [0.15, 0.2) is 18.5 Å². The lowest BCUT2D eigenvalue weighted by atomic mass is 10.2. The first-order valence-electron chi connectivity index (χ1n) is 5.83. The van der Waals surface area contributed by atoms with Crippen LogP contribution in [0.25, 0.3) is 0 Å². The lowest BCUT2D eigenvalue weighted by Gasteiger charge is -2.06. The van der Waals surface area contributed by atoms with Gasteiger partial charge in [0.1, 0.15) is 5.82 Å². The van der Waals surface area contributed by atoms with Gasteiger partial charge in [0.05, 0.1) is 12.8 Å². The largest absolute Gasteiger partial charge is 0.383 e. The summed E-state index contributed by atoms with van der Waals surface area (Å²) in [5.41, 5.74) is 0.660. The minimum absolute atomic E-state index is 0.252. The van der Waals surface area contributed by atoms with Crippen LogP contribution in [0.4, 0.5) is 4.39 Å². The number of methoxy groups -OCH3 is 1. The van der Waals surface area contributed by atoms with Crippen LogP contribution in [0.1, 0.15) is 12.0 Å². The third-order valence-electron chi connectivity index (χ3n) is 2.36. The quantitative estimate of drug-likeness (QED) is 0.632. The SMILES string of the molecule is COCCNCCCNCc1ccncc1F. The fraction of sp³-hybridized carbons (Fsp3) is 0.583. The summed E-state index contributed by atoms with van der Waals surface area (Å²) in [6, 6.07) is 1.69. The fourth-order valence-corrected chi connectivity index (χ4v) is 1.41. The Morgan fingerprint density at radius 2 is 2.12 bits per heavy atom. The van der Waals surface area contributed by atoms with Gasteiger partial charge in [0.25, 0.3) is 0 Å². The van der Waals surface area contributed by atoms with Crippen LogP contribution in [-0.4, -0.2) is 38.3 Å². The lowest BCUT2D eigenvalue weighted by molar-refractivity contribution is 0.199. The summed E-state index contributed by atoms with van der Waals surface area (Å²) < 4.78 is 18.1. The second-order valence-electron chi connectivity index (χ2n) is 3.74. The van der Waals surface area contributed by atoms with E-state index >= 15 is 0 Å². The van der Waals surface area contributed by atoms with Crippen LogP contribution in [0, 0.1) is 5.82 Å². The molecule has 0 unspecified atom stereocenters. The Labute approximate surface area is 102 Å². The number of rotatable bonds is 9. The molecule has 1 heterocycles. The Kier molecular flexibility index (Phi) is 7.46. The van der Waals surface area contributed by atoms with Gasteiger partial charge in [0.15, 0.2) is 0 Å². The molecule has 0 aliphatic carbocycles. The van der Waals surface area contributed by atoms with Gasteiger partial charge in [0.2, 0.25) is 0 Å². The molecule has 0 saturated heterocycles. The zero-order chi connectivity index (χ0) is 12.3. The average Bonchev–Trinajstić information content (AvgIpc) is 2.35. The molecule has 0 bridgehead atoms. The predicted octanol–water partition coefficient (Wildman–Crippen LogP) is 0.936. The van der Waals surface area contributed by atoms with Gasteiger partial charge in [-0.15, -0.1) is 0 Å². The molecule has 0 aliphatic rings. The third kappa shape index (κ3) is 6.31. The molecule has 0 spiro atoms. The van der Waals surface area contributed by atoms with Gasteiger partial charge in [0, 0.05) is 32.0 Å². The summed E-state index contributed by atoms with van der Waals surface area (Å²) in [6.45, 7) is 3.95. The monoisotopic (exact) mass is 241 g/mol. The Morgan fingerprint density at radius 3 is 2.88 bits per heavy atom. The van der Waals surface area contributed by atoms with Crippen molar-refractivity contribution < 1.29 is 9.13 Å². The molecule has 2 N–H and O–H groups in total. The van der Waals surface area contributed by atoms with Gasteiger partial charge in [-0.25, -0.2) is 4.39 Å². The topological polar surface area (TPSA) is 46.2 Å². The van der Waals surface area contributed by atoms with Crippen molar-refractivity contribution in [3.05, 3.63) is 29.8 Å². The van der Waals surface area contributed by atoms with Crippen molar-refractivity contribution in [2.75, 3.05) is 33.4 Å². The third-order valence-corrected chi connectivity index (χ3v) is 2.36. The molecule has 0 aromatic carbocycles. The summed E-state index contributed by atoms with van der Waals surface area (Å²) in [4.78, 5) is 3.71. The number of aromatic nitrogens is 1. The highest BCUT2D eigenvalue weighted by Gasteiger charge is 1.99. The van der Waals surface area contributed by atoms with Gasteiger partial charge in [-0.05, 0) is 25.6 Å². The van der Waals surface area contributed by atoms with Crippen molar-refractivity contribution in [2.45, 2.75) is 13.0 Å². The minimum atomic E-state index is -0.252. The molecular weight excluding hydrogens is 221 g/mol. The van der Waals surface area contributed by atoms with Crippen LogP contribution in [-0.2, 0) is 11.3 Å². The molecule has 0 radical (unpaired) electrons. The molecule has 1 aromatic heterocycles. The average molecular weight is 241 g/mol. The first-order chi connectivity index (χ1) is 8.34. The summed E-state index contributed by atoms with van der Waals surface area (Å²) in [5, 5.41) is 6.44. The molecule has 0 aliphatic heterocycles. The summed E-state index contributed by atoms with van der Waals surface area (Å²) >= 11 is 0. The summed E-state index contributed by atoms with van der Waals surface area (Å²) in [7, 11) is 1.69. The van der Waals surface area contributed by atoms with E-state index in [0.29, 0.717) is 12.1 Å². The second-order valence-corrected chi connectivity index (χ2v) is 3.74. The highest BCUT2D eigenvalue weighted by molar-refractivity contribution is 5.11. The number of ether oxygens (including phenoxy) is 1. The molecule has 1 aromatic rings. The summed E-state index contributed by atoms with van der Waals surface area (Å²) in [6.07, 6.45) is 3.85. The van der Waals surface area contributed by atoms with E-state index in [2.05, 4.69) is 15.6 Å². The van der Waals surface area contributed by atoms with Crippen molar-refractivity contribution in [2.24, 2.45) is 0 Å². The van der Waals surface area contributed by atoms with Crippen LogP contribution in [0.2, 0.25) is 0 Å². The fourth-order valence-electron chi connectivity index (χ4n) is 1.41. The standard InChI is InChI=1S/C12H20FN3O/c1-17-8-7-14-4-2-5-15-9-11-3-6-16-10-12(11)13/h3,6,10,14-15H,2,4-5,7-9H2,1H3. The van der Waals surface area contributed by atoms with E-state index in [1.165, 1.54) is 6.20 Å². The normalized spacial score (nSPS) is 10.7. The maximum atomic E-state index is 13.2. The number of halogens is 1. The Morgan fingerprint density at radius 1 is 1.29 bits per heavy atom. The van der Waals surface area contributed by atoms with Gasteiger partial charge in [-0.3, -0.25) is 4.98 Å².